The van der Waals surface area contributed by atoms with Gasteiger partial charge in [0.15, 0.2) is 0 Å². The van der Waals surface area contributed by atoms with Crippen LogP contribution in [0.4, 0.5) is 4.79 Å². The van der Waals surface area contributed by atoms with Crippen molar-refractivity contribution in [3.05, 3.63) is 12.2 Å². The molecule has 0 aliphatic rings. The Morgan fingerprint density at radius 1 is 1.73 bits per heavy atom. The van der Waals surface area contributed by atoms with Crippen LogP contribution in [0.5, 0.6) is 0 Å². The van der Waals surface area contributed by atoms with Gasteiger partial charge in [0.05, 0.1) is 3.92 Å². The number of rotatable bonds is 4. The van der Waals surface area contributed by atoms with Crippen LogP contribution in [-0.2, 0) is 4.74 Å². The van der Waals surface area contributed by atoms with E-state index in [0.717, 1.165) is 4.43 Å². The summed E-state index contributed by atoms with van der Waals surface area (Å²) in [6.07, 6.45) is 2.69. The van der Waals surface area contributed by atoms with Crippen molar-refractivity contribution in [1.82, 2.24) is 0 Å². The minimum Gasteiger partial charge on any atom is -0.450 e. The zero-order chi connectivity index (χ0) is 8.69. The number of allylic oxidation sites excluding steroid dienone is 1. The topological polar surface area (TPSA) is 46.5 Å². The van der Waals surface area contributed by atoms with Gasteiger partial charge in [-0.3, -0.25) is 0 Å². The monoisotopic (exact) mass is 382 g/mol. The highest BCUT2D eigenvalue weighted by Crippen LogP contribution is 2.03. The molecule has 0 saturated heterocycles. The van der Waals surface area contributed by atoms with E-state index in [2.05, 4.69) is 49.9 Å². The summed E-state index contributed by atoms with van der Waals surface area (Å²) in [5, 5.41) is 8.14. The van der Waals surface area contributed by atoms with E-state index in [9.17, 15) is 4.79 Å². The number of alkyl halides is 2. The molecular weight excluding hydrogens is 374 g/mol. The fraction of sp³-hybridized carbons (Fsp3) is 0.500. The fourth-order valence-electron chi connectivity index (χ4n) is 0.406. The maximum Gasteiger partial charge on any atom is 0.505 e. The second-order valence-electron chi connectivity index (χ2n) is 1.68. The first kappa shape index (κ1) is 11.5. The normalized spacial score (nSPS) is 13.3. The van der Waals surface area contributed by atoms with E-state index in [1.54, 1.807) is 0 Å². The van der Waals surface area contributed by atoms with Crippen LogP contribution in [0.25, 0.3) is 0 Å². The molecule has 0 amide bonds. The highest BCUT2D eigenvalue weighted by molar-refractivity contribution is 14.1. The van der Waals surface area contributed by atoms with Gasteiger partial charge in [-0.25, -0.2) is 4.79 Å². The lowest BCUT2D eigenvalue weighted by molar-refractivity contribution is 0.0950. The molecule has 5 heteroatoms. The van der Waals surface area contributed by atoms with Gasteiger partial charge < -0.3 is 9.84 Å². The van der Waals surface area contributed by atoms with Gasteiger partial charge in [-0.15, -0.1) is 0 Å². The third-order valence-corrected chi connectivity index (χ3v) is 2.08. The molecule has 1 N–H and O–H groups in total. The average molecular weight is 382 g/mol. The molecule has 0 saturated carbocycles. The molecule has 0 rings (SSSR count). The van der Waals surface area contributed by atoms with Crippen molar-refractivity contribution >= 4 is 51.3 Å². The highest BCUT2D eigenvalue weighted by atomic mass is 127. The molecule has 0 bridgehead atoms. The van der Waals surface area contributed by atoms with E-state index in [-0.39, 0.29) is 10.5 Å². The van der Waals surface area contributed by atoms with Crippen molar-refractivity contribution in [3.63, 3.8) is 0 Å². The van der Waals surface area contributed by atoms with Crippen LogP contribution in [0.15, 0.2) is 12.2 Å². The van der Waals surface area contributed by atoms with Crippen LogP contribution in [-0.4, -0.2) is 26.2 Å². The van der Waals surface area contributed by atoms with E-state index >= 15 is 0 Å². The number of halogens is 2. The molecule has 0 radical (unpaired) electrons. The molecular formula is C6H8I2O3. The van der Waals surface area contributed by atoms with Crippen LogP contribution in [0.3, 0.4) is 0 Å². The van der Waals surface area contributed by atoms with E-state index in [1.165, 1.54) is 0 Å². The molecule has 3 nitrogen and oxygen atoms in total. The van der Waals surface area contributed by atoms with Crippen LogP contribution < -0.4 is 0 Å². The molecule has 0 fully saturated rings. The molecule has 0 aromatic rings. The summed E-state index contributed by atoms with van der Waals surface area (Å²) in [4.78, 5) is 9.93. The molecule has 0 aliphatic carbocycles. The van der Waals surface area contributed by atoms with Gasteiger partial charge in [-0.2, -0.15) is 0 Å². The Morgan fingerprint density at radius 3 is 2.82 bits per heavy atom. The Balaban J connectivity index is 3.44. The predicted molar refractivity (Wildman–Crippen MR) is 59.8 cm³/mol. The summed E-state index contributed by atoms with van der Waals surface area (Å²) >= 11 is 4.34. The molecule has 0 aromatic heterocycles. The van der Waals surface area contributed by atoms with Crippen LogP contribution in [0, 0.1) is 0 Å². The Labute approximate surface area is 92.5 Å². The Kier molecular flexibility index (Phi) is 7.44. The lowest BCUT2D eigenvalue weighted by Gasteiger charge is -2.02. The maximum absolute atomic E-state index is 9.93. The SMILES string of the molecule is O=C(O)OCC(I)C=CCI. The van der Waals surface area contributed by atoms with Gasteiger partial charge in [0.2, 0.25) is 0 Å². The quantitative estimate of drug-likeness (QED) is 0.352. The van der Waals surface area contributed by atoms with Crippen molar-refractivity contribution in [3.8, 4) is 0 Å². The van der Waals surface area contributed by atoms with E-state index in [0.29, 0.717) is 0 Å². The summed E-state index contributed by atoms with van der Waals surface area (Å²) < 4.78 is 5.43. The largest absolute Gasteiger partial charge is 0.505 e. The first-order valence-corrected chi connectivity index (χ1v) is 5.66. The van der Waals surface area contributed by atoms with Crippen molar-refractivity contribution < 1.29 is 14.6 Å². The Bertz CT molecular complexity index is 147. The first-order chi connectivity index (χ1) is 5.16. The van der Waals surface area contributed by atoms with Crippen molar-refractivity contribution in [1.29, 1.82) is 0 Å². The van der Waals surface area contributed by atoms with Crippen LogP contribution >= 0.6 is 45.2 Å². The van der Waals surface area contributed by atoms with E-state index < -0.39 is 6.16 Å². The van der Waals surface area contributed by atoms with Crippen LogP contribution in [0.1, 0.15) is 0 Å². The average Bonchev–Trinajstić information content (AvgIpc) is 1.97. The maximum atomic E-state index is 9.93. The Morgan fingerprint density at radius 2 is 2.36 bits per heavy atom. The van der Waals surface area contributed by atoms with Crippen molar-refractivity contribution in [2.75, 3.05) is 11.0 Å². The summed E-state index contributed by atoms with van der Waals surface area (Å²) in [5.74, 6) is 0. The zero-order valence-corrected chi connectivity index (χ0v) is 9.98. The van der Waals surface area contributed by atoms with E-state index in [1.807, 2.05) is 12.2 Å². The third kappa shape index (κ3) is 8.38. The van der Waals surface area contributed by atoms with Gasteiger partial charge >= 0.3 is 6.16 Å². The molecule has 1 atom stereocenters. The molecule has 64 valence electrons. The second kappa shape index (κ2) is 7.14. The van der Waals surface area contributed by atoms with E-state index in [4.69, 9.17) is 5.11 Å². The summed E-state index contributed by atoms with van der Waals surface area (Å²) in [6, 6.07) is 0. The lowest BCUT2D eigenvalue weighted by atomic mass is 10.4. The number of hydrogen-bond donors (Lipinski definition) is 1. The third-order valence-electron chi connectivity index (χ3n) is 0.800. The minimum absolute atomic E-state index is 0.137. The number of hydrogen-bond acceptors (Lipinski definition) is 2. The number of carbonyl (C=O) groups is 1. The van der Waals surface area contributed by atoms with Crippen molar-refractivity contribution in [2.24, 2.45) is 0 Å². The van der Waals surface area contributed by atoms with Gasteiger partial charge in [-0.1, -0.05) is 57.3 Å². The number of ether oxygens (including phenoxy) is 1. The lowest BCUT2D eigenvalue weighted by Crippen LogP contribution is -2.09. The molecule has 1 unspecified atom stereocenters. The summed E-state index contributed by atoms with van der Waals surface area (Å²) in [7, 11) is 0. The number of carboxylic acid groups (broad SMARTS) is 1. The summed E-state index contributed by atoms with van der Waals surface area (Å²) in [5.41, 5.74) is 0. The summed E-state index contributed by atoms with van der Waals surface area (Å²) in [6.45, 7) is 0.225. The molecule has 0 aliphatic heterocycles. The van der Waals surface area contributed by atoms with Gasteiger partial charge in [0.1, 0.15) is 6.61 Å². The Hall–Kier alpha value is 0.470. The molecule has 11 heavy (non-hydrogen) atoms. The molecule has 0 aromatic carbocycles. The van der Waals surface area contributed by atoms with Gasteiger partial charge in [0, 0.05) is 4.43 Å². The predicted octanol–water partition coefficient (Wildman–Crippen LogP) is 2.48. The van der Waals surface area contributed by atoms with Gasteiger partial charge in [0.25, 0.3) is 0 Å². The first-order valence-electron chi connectivity index (χ1n) is 2.89. The zero-order valence-electron chi connectivity index (χ0n) is 5.67. The molecule has 0 spiro atoms. The highest BCUT2D eigenvalue weighted by Gasteiger charge is 2.01. The fourth-order valence-corrected chi connectivity index (χ4v) is 1.17. The van der Waals surface area contributed by atoms with Crippen LogP contribution in [0.2, 0.25) is 0 Å². The molecule has 0 heterocycles. The smallest absolute Gasteiger partial charge is 0.450 e. The standard InChI is InChI=1S/C6H8I2O3/c7-3-1-2-5(8)4-11-6(9)10/h1-2,5H,3-4H2,(H,9,10). The van der Waals surface area contributed by atoms with Crippen molar-refractivity contribution in [2.45, 2.75) is 3.92 Å². The van der Waals surface area contributed by atoms with Gasteiger partial charge in [-0.05, 0) is 0 Å². The minimum atomic E-state index is -1.21. The second-order valence-corrected chi connectivity index (χ2v) is 4.16.